The van der Waals surface area contributed by atoms with Crippen molar-refractivity contribution in [2.75, 3.05) is 0 Å². The van der Waals surface area contributed by atoms with Crippen molar-refractivity contribution in [1.29, 1.82) is 0 Å². The van der Waals surface area contributed by atoms with Gasteiger partial charge in [-0.25, -0.2) is 9.59 Å². The molecule has 2 heterocycles. The number of carbonyl (C=O) groups excluding carboxylic acids is 2. The van der Waals surface area contributed by atoms with E-state index in [2.05, 4.69) is 10.6 Å². The number of benzene rings is 1. The first-order chi connectivity index (χ1) is 19.1. The van der Waals surface area contributed by atoms with Crippen molar-refractivity contribution in [2.45, 2.75) is 38.0 Å². The zero-order chi connectivity index (χ0) is 29.0. The minimum absolute atomic E-state index is 0.115. The number of amides is 2. The number of hydrogen-bond donors (Lipinski definition) is 4. The van der Waals surface area contributed by atoms with Gasteiger partial charge in [0.2, 0.25) is 0 Å². The molecule has 0 aliphatic heterocycles. The molecule has 0 radical (unpaired) electrons. The first-order valence-electron chi connectivity index (χ1n) is 12.3. The molecule has 13 nitrogen and oxygen atoms in total. The van der Waals surface area contributed by atoms with Gasteiger partial charge in [-0.15, -0.1) is 4.73 Å². The quantitative estimate of drug-likeness (QED) is 0.297. The monoisotopic (exact) mass is 550 g/mol. The summed E-state index contributed by atoms with van der Waals surface area (Å²) < 4.78 is 1.42. The molecule has 1 aliphatic rings. The van der Waals surface area contributed by atoms with E-state index in [-0.39, 0.29) is 23.4 Å². The highest BCUT2D eigenvalue weighted by Crippen LogP contribution is 2.20. The second-order valence-corrected chi connectivity index (χ2v) is 9.19. The van der Waals surface area contributed by atoms with E-state index in [9.17, 15) is 33.9 Å². The molecule has 2 aromatic heterocycles. The van der Waals surface area contributed by atoms with Crippen LogP contribution in [0.3, 0.4) is 0 Å². The Morgan fingerprint density at radius 2 is 1.32 bits per heavy atom. The largest absolute Gasteiger partial charge is 0.477 e. The molecular weight excluding hydrogens is 524 g/mol. The third-order valence-electron chi connectivity index (χ3n) is 6.63. The standard InChI is InChI=1S/C27H26N4O9/c1-30-20(26(36)37)12-10-16(24(30)34)22(32)28-18-8-5-9-19(18)29-23(33)17-11-13-21(27(38)39)31(25(17)35)40-14-15-6-3-2-4-7-15/h2-4,6-7,10-13,18-19H,5,8-9,14H2,1H3,(H,28,32)(H,29,33)(H,36,37)(H,38,39)/t18-,19+/m1/s1. The Morgan fingerprint density at radius 1 is 0.800 bits per heavy atom. The van der Waals surface area contributed by atoms with Gasteiger partial charge in [-0.3, -0.25) is 19.2 Å². The first kappa shape index (κ1) is 27.8. The zero-order valence-electron chi connectivity index (χ0n) is 21.3. The number of nitrogens with zero attached hydrogens (tertiary/aromatic N) is 2. The molecular formula is C27H26N4O9. The maximum atomic E-state index is 13.1. The SMILES string of the molecule is Cn1c(C(=O)O)ccc(C(=O)N[C@@H]2CCC[C@@H]2NC(=O)c2ccc(C(=O)O)n(OCc3ccccc3)c2=O)c1=O. The van der Waals surface area contributed by atoms with Gasteiger partial charge in [-0.05, 0) is 49.1 Å². The van der Waals surface area contributed by atoms with Crippen LogP contribution in [0.1, 0.15) is 66.5 Å². The van der Waals surface area contributed by atoms with Crippen LogP contribution in [0, 0.1) is 0 Å². The Balaban J connectivity index is 1.50. The summed E-state index contributed by atoms with van der Waals surface area (Å²) in [6.45, 7) is -0.115. The summed E-state index contributed by atoms with van der Waals surface area (Å²) in [5, 5.41) is 24.1. The molecule has 1 aromatic carbocycles. The molecule has 4 rings (SSSR count). The van der Waals surface area contributed by atoms with Crippen LogP contribution in [0.4, 0.5) is 0 Å². The lowest BCUT2D eigenvalue weighted by Gasteiger charge is -2.22. The van der Waals surface area contributed by atoms with E-state index in [1.807, 2.05) is 0 Å². The molecule has 0 saturated heterocycles. The number of carboxylic acids is 2. The Labute approximate surface area is 226 Å². The van der Waals surface area contributed by atoms with Gasteiger partial charge in [0.15, 0.2) is 5.69 Å². The van der Waals surface area contributed by atoms with Crippen molar-refractivity contribution in [2.24, 2.45) is 7.05 Å². The lowest BCUT2D eigenvalue weighted by atomic mass is 10.1. The third kappa shape index (κ3) is 5.77. The van der Waals surface area contributed by atoms with Gasteiger partial charge >= 0.3 is 11.9 Å². The molecule has 208 valence electrons. The lowest BCUT2D eigenvalue weighted by Crippen LogP contribution is -2.50. The lowest BCUT2D eigenvalue weighted by molar-refractivity contribution is 0.0529. The molecule has 2 atom stereocenters. The van der Waals surface area contributed by atoms with Crippen molar-refractivity contribution in [3.05, 3.63) is 103 Å². The topological polar surface area (TPSA) is 186 Å². The van der Waals surface area contributed by atoms with Gasteiger partial charge < -0.3 is 30.3 Å². The molecule has 1 saturated carbocycles. The molecule has 0 spiro atoms. The maximum Gasteiger partial charge on any atom is 0.356 e. The predicted molar refractivity (Wildman–Crippen MR) is 139 cm³/mol. The highest BCUT2D eigenvalue weighted by molar-refractivity contribution is 5.96. The van der Waals surface area contributed by atoms with Crippen LogP contribution in [0.25, 0.3) is 0 Å². The fourth-order valence-corrected chi connectivity index (χ4v) is 4.51. The Hall–Kier alpha value is -5.20. The van der Waals surface area contributed by atoms with Crippen molar-refractivity contribution in [3.63, 3.8) is 0 Å². The molecule has 13 heteroatoms. The summed E-state index contributed by atoms with van der Waals surface area (Å²) in [7, 11) is 1.24. The van der Waals surface area contributed by atoms with Gasteiger partial charge in [0, 0.05) is 19.1 Å². The van der Waals surface area contributed by atoms with Gasteiger partial charge in [-0.1, -0.05) is 30.3 Å². The number of hydrogen-bond acceptors (Lipinski definition) is 7. The second kappa shape index (κ2) is 11.7. The molecule has 2 amide bonds. The van der Waals surface area contributed by atoms with Gasteiger partial charge in [0.05, 0.1) is 0 Å². The molecule has 3 aromatic rings. The van der Waals surface area contributed by atoms with E-state index >= 15 is 0 Å². The number of aromatic carboxylic acids is 2. The minimum Gasteiger partial charge on any atom is -0.477 e. The second-order valence-electron chi connectivity index (χ2n) is 9.19. The van der Waals surface area contributed by atoms with Crippen LogP contribution >= 0.6 is 0 Å². The summed E-state index contributed by atoms with van der Waals surface area (Å²) in [5.41, 5.74) is -2.42. The highest BCUT2D eigenvalue weighted by atomic mass is 16.7. The summed E-state index contributed by atoms with van der Waals surface area (Å²) in [4.78, 5) is 79.9. The molecule has 0 unspecified atom stereocenters. The van der Waals surface area contributed by atoms with Crippen LogP contribution < -0.4 is 26.6 Å². The number of pyridine rings is 2. The number of carbonyl (C=O) groups is 4. The fraction of sp³-hybridized carbons (Fsp3) is 0.259. The van der Waals surface area contributed by atoms with Crippen LogP contribution in [0.2, 0.25) is 0 Å². The van der Waals surface area contributed by atoms with E-state index in [4.69, 9.17) is 9.94 Å². The third-order valence-corrected chi connectivity index (χ3v) is 6.63. The highest BCUT2D eigenvalue weighted by Gasteiger charge is 2.32. The smallest absolute Gasteiger partial charge is 0.356 e. The number of aromatic nitrogens is 2. The van der Waals surface area contributed by atoms with Gasteiger partial charge in [0.1, 0.15) is 23.4 Å². The maximum absolute atomic E-state index is 13.1. The van der Waals surface area contributed by atoms with Crippen molar-refractivity contribution in [1.82, 2.24) is 19.9 Å². The molecule has 1 aliphatic carbocycles. The molecule has 1 fully saturated rings. The Kier molecular flexibility index (Phi) is 8.12. The number of rotatable bonds is 9. The number of carboxylic acid groups (broad SMARTS) is 2. The van der Waals surface area contributed by atoms with Gasteiger partial charge in [-0.2, -0.15) is 0 Å². The van der Waals surface area contributed by atoms with Crippen molar-refractivity contribution < 1.29 is 34.2 Å². The Morgan fingerprint density at radius 3 is 1.88 bits per heavy atom. The molecule has 0 bridgehead atoms. The normalized spacial score (nSPS) is 16.2. The average molecular weight is 551 g/mol. The molecule has 4 N–H and O–H groups in total. The minimum atomic E-state index is -1.42. The van der Waals surface area contributed by atoms with E-state index < -0.39 is 52.6 Å². The van der Waals surface area contributed by atoms with E-state index in [1.165, 1.54) is 7.05 Å². The van der Waals surface area contributed by atoms with Crippen LogP contribution in [0.15, 0.2) is 64.2 Å². The first-order valence-corrected chi connectivity index (χ1v) is 12.3. The summed E-state index contributed by atoms with van der Waals surface area (Å²) in [6, 6.07) is 12.1. The zero-order valence-corrected chi connectivity index (χ0v) is 21.3. The van der Waals surface area contributed by atoms with Gasteiger partial charge in [0.25, 0.3) is 22.9 Å². The Bertz CT molecular complexity index is 1590. The summed E-state index contributed by atoms with van der Waals surface area (Å²) in [5.74, 6) is -4.25. The predicted octanol–water partition coefficient (Wildman–Crippen LogP) is 0.653. The average Bonchev–Trinajstić information content (AvgIpc) is 3.35. The van der Waals surface area contributed by atoms with Crippen LogP contribution in [-0.4, -0.2) is 55.3 Å². The summed E-state index contributed by atoms with van der Waals surface area (Å²) >= 11 is 0. The number of nitrogens with one attached hydrogen (secondary N) is 2. The van der Waals surface area contributed by atoms with Crippen LogP contribution in [-0.2, 0) is 13.7 Å². The summed E-state index contributed by atoms with van der Waals surface area (Å²) in [6.07, 6.45) is 1.58. The van der Waals surface area contributed by atoms with Crippen LogP contribution in [0.5, 0.6) is 0 Å². The van der Waals surface area contributed by atoms with E-state index in [1.54, 1.807) is 30.3 Å². The fourth-order valence-electron chi connectivity index (χ4n) is 4.51. The van der Waals surface area contributed by atoms with Crippen molar-refractivity contribution >= 4 is 23.8 Å². The van der Waals surface area contributed by atoms with Crippen molar-refractivity contribution in [3.8, 4) is 0 Å². The molecule has 40 heavy (non-hydrogen) atoms. The van der Waals surface area contributed by atoms with E-state index in [0.717, 1.165) is 28.8 Å². The van der Waals surface area contributed by atoms with E-state index in [0.29, 0.717) is 29.6 Å².